The van der Waals surface area contributed by atoms with E-state index in [0.29, 0.717) is 28.9 Å². The number of anilines is 1. The molecule has 1 aromatic rings. The van der Waals surface area contributed by atoms with Crippen LogP contribution in [0.5, 0.6) is 0 Å². The first-order valence-electron chi connectivity index (χ1n) is 5.54. The maximum Gasteiger partial charge on any atom is 0.288 e. The van der Waals surface area contributed by atoms with Crippen molar-refractivity contribution < 1.29 is 13.6 Å². The smallest absolute Gasteiger partial charge is 0.288 e. The van der Waals surface area contributed by atoms with Crippen LogP contribution in [-0.4, -0.2) is 25.3 Å². The molecule has 0 saturated heterocycles. The summed E-state index contributed by atoms with van der Waals surface area (Å²) in [7, 11) is 1.75. The molecule has 0 spiro atoms. The summed E-state index contributed by atoms with van der Waals surface area (Å²) in [4.78, 5) is 12.2. The molecule has 1 aromatic carbocycles. The third kappa shape index (κ3) is 6.22. The Bertz CT molecular complexity index is 407. The van der Waals surface area contributed by atoms with E-state index in [2.05, 4.69) is 10.6 Å². The number of carbonyl (C=O) groups excluding carboxylic acids is 1. The van der Waals surface area contributed by atoms with Crippen molar-refractivity contribution in [1.29, 1.82) is 0 Å². The molecular formula is C12H17ClF2N2OS. The number of hydrogen-bond acceptors (Lipinski definition) is 3. The Morgan fingerprint density at radius 1 is 1.37 bits per heavy atom. The van der Waals surface area contributed by atoms with Crippen molar-refractivity contribution in [2.24, 2.45) is 5.92 Å². The summed E-state index contributed by atoms with van der Waals surface area (Å²) in [5.74, 6) is -2.91. The first-order valence-corrected chi connectivity index (χ1v) is 6.42. The van der Waals surface area contributed by atoms with E-state index in [0.717, 1.165) is 0 Å². The van der Waals surface area contributed by atoms with Crippen LogP contribution >= 0.6 is 24.2 Å². The lowest BCUT2D eigenvalue weighted by Gasteiger charge is -2.14. The average molecular weight is 311 g/mol. The minimum absolute atomic E-state index is 0. The van der Waals surface area contributed by atoms with E-state index in [9.17, 15) is 13.6 Å². The van der Waals surface area contributed by atoms with E-state index in [1.807, 2.05) is 0 Å². The molecule has 0 fully saturated rings. The van der Waals surface area contributed by atoms with Gasteiger partial charge in [-0.05, 0) is 19.2 Å². The van der Waals surface area contributed by atoms with Crippen molar-refractivity contribution in [2.75, 3.05) is 18.9 Å². The van der Waals surface area contributed by atoms with Crippen LogP contribution in [0.15, 0.2) is 29.2 Å². The van der Waals surface area contributed by atoms with E-state index >= 15 is 0 Å². The first kappa shape index (κ1) is 18.1. The Kier molecular flexibility index (Phi) is 8.71. The molecule has 2 N–H and O–H groups in total. The van der Waals surface area contributed by atoms with Gasteiger partial charge in [0.2, 0.25) is 5.91 Å². The average Bonchev–Trinajstić information content (AvgIpc) is 2.31. The van der Waals surface area contributed by atoms with Gasteiger partial charge in [0.15, 0.2) is 0 Å². The van der Waals surface area contributed by atoms with Gasteiger partial charge in [-0.15, -0.1) is 12.4 Å². The second-order valence-electron chi connectivity index (χ2n) is 3.82. The van der Waals surface area contributed by atoms with Crippen LogP contribution in [0.1, 0.15) is 6.92 Å². The van der Waals surface area contributed by atoms with Crippen LogP contribution < -0.4 is 10.6 Å². The van der Waals surface area contributed by atoms with Crippen molar-refractivity contribution in [3.8, 4) is 0 Å². The highest BCUT2D eigenvalue weighted by atomic mass is 35.5. The summed E-state index contributed by atoms with van der Waals surface area (Å²) < 4.78 is 24.7. The molecule has 0 bridgehead atoms. The second-order valence-corrected chi connectivity index (χ2v) is 4.85. The Morgan fingerprint density at radius 3 is 2.58 bits per heavy atom. The SMILES string of the molecule is CNCC(C)C(=O)Nc1ccccc1SC(F)F.Cl. The highest BCUT2D eigenvalue weighted by Crippen LogP contribution is 2.31. The van der Waals surface area contributed by atoms with Gasteiger partial charge in [0.05, 0.1) is 5.69 Å². The zero-order valence-corrected chi connectivity index (χ0v) is 12.3. The second kappa shape index (κ2) is 9.12. The highest BCUT2D eigenvalue weighted by molar-refractivity contribution is 7.99. The summed E-state index contributed by atoms with van der Waals surface area (Å²) in [6.07, 6.45) is 0. The molecule has 1 atom stereocenters. The van der Waals surface area contributed by atoms with E-state index in [1.165, 1.54) is 0 Å². The largest absolute Gasteiger partial charge is 0.325 e. The number of carbonyl (C=O) groups is 1. The van der Waals surface area contributed by atoms with Crippen molar-refractivity contribution in [3.63, 3.8) is 0 Å². The van der Waals surface area contributed by atoms with Crippen LogP contribution in [-0.2, 0) is 4.79 Å². The number of rotatable bonds is 6. The van der Waals surface area contributed by atoms with Gasteiger partial charge in [-0.1, -0.05) is 30.8 Å². The maximum atomic E-state index is 12.4. The van der Waals surface area contributed by atoms with Crippen molar-refractivity contribution >= 4 is 35.8 Å². The fraction of sp³-hybridized carbons (Fsp3) is 0.417. The molecule has 1 rings (SSSR count). The summed E-state index contributed by atoms with van der Waals surface area (Å²) in [6.45, 7) is 2.31. The predicted molar refractivity (Wildman–Crippen MR) is 77.3 cm³/mol. The third-order valence-corrected chi connectivity index (χ3v) is 3.11. The molecule has 0 aliphatic carbocycles. The molecule has 7 heteroatoms. The normalized spacial score (nSPS) is 11.8. The zero-order valence-electron chi connectivity index (χ0n) is 10.7. The molecule has 108 valence electrons. The van der Waals surface area contributed by atoms with Gasteiger partial charge in [0.1, 0.15) is 0 Å². The number of alkyl halides is 2. The molecule has 19 heavy (non-hydrogen) atoms. The molecule has 0 aromatic heterocycles. The van der Waals surface area contributed by atoms with Gasteiger partial charge in [-0.2, -0.15) is 8.78 Å². The number of benzene rings is 1. The number of para-hydroxylation sites is 1. The molecule has 0 heterocycles. The van der Waals surface area contributed by atoms with Gasteiger partial charge < -0.3 is 10.6 Å². The van der Waals surface area contributed by atoms with Crippen molar-refractivity contribution in [1.82, 2.24) is 5.32 Å². The predicted octanol–water partition coefficient (Wildman–Crippen LogP) is 3.22. The first-order chi connectivity index (χ1) is 8.54. The van der Waals surface area contributed by atoms with Gasteiger partial charge in [0, 0.05) is 17.4 Å². The van der Waals surface area contributed by atoms with Crippen molar-refractivity contribution in [2.45, 2.75) is 17.6 Å². The van der Waals surface area contributed by atoms with E-state index < -0.39 is 5.76 Å². The Morgan fingerprint density at radius 2 is 2.00 bits per heavy atom. The number of amides is 1. The fourth-order valence-electron chi connectivity index (χ4n) is 1.42. The van der Waals surface area contributed by atoms with Gasteiger partial charge in [-0.25, -0.2) is 0 Å². The minimum Gasteiger partial charge on any atom is -0.325 e. The number of halogens is 3. The lowest BCUT2D eigenvalue weighted by atomic mass is 10.1. The monoisotopic (exact) mass is 310 g/mol. The topological polar surface area (TPSA) is 41.1 Å². The molecule has 3 nitrogen and oxygen atoms in total. The van der Waals surface area contributed by atoms with Crippen LogP contribution in [0.2, 0.25) is 0 Å². The summed E-state index contributed by atoms with van der Waals surface area (Å²) in [6, 6.07) is 6.55. The van der Waals surface area contributed by atoms with E-state index in [4.69, 9.17) is 0 Å². The molecule has 1 unspecified atom stereocenters. The van der Waals surface area contributed by atoms with Crippen LogP contribution in [0, 0.1) is 5.92 Å². The molecule has 0 aliphatic rings. The Hall–Kier alpha value is -0.850. The Balaban J connectivity index is 0.00000324. The number of hydrogen-bond donors (Lipinski definition) is 2. The molecule has 0 radical (unpaired) electrons. The summed E-state index contributed by atoms with van der Waals surface area (Å²) >= 11 is 0.428. The molecular weight excluding hydrogens is 294 g/mol. The summed E-state index contributed by atoms with van der Waals surface area (Å²) in [5.41, 5.74) is 0.427. The quantitative estimate of drug-likeness (QED) is 0.793. The van der Waals surface area contributed by atoms with Gasteiger partial charge in [-0.3, -0.25) is 4.79 Å². The highest BCUT2D eigenvalue weighted by Gasteiger charge is 2.15. The number of nitrogens with one attached hydrogen (secondary N) is 2. The van der Waals surface area contributed by atoms with Crippen LogP contribution in [0.4, 0.5) is 14.5 Å². The molecule has 1 amide bonds. The third-order valence-electron chi connectivity index (χ3n) is 2.32. The fourth-order valence-corrected chi connectivity index (χ4v) is 2.02. The standard InChI is InChI=1S/C12H16F2N2OS.ClH/c1-8(7-15-2)11(17)16-9-5-3-4-6-10(9)18-12(13)14;/h3-6,8,12,15H,7H2,1-2H3,(H,16,17);1H. The number of thioether (sulfide) groups is 1. The lowest BCUT2D eigenvalue weighted by molar-refractivity contribution is -0.119. The maximum absolute atomic E-state index is 12.4. The van der Waals surface area contributed by atoms with Crippen LogP contribution in [0.3, 0.4) is 0 Å². The van der Waals surface area contributed by atoms with Crippen LogP contribution in [0.25, 0.3) is 0 Å². The van der Waals surface area contributed by atoms with Crippen molar-refractivity contribution in [3.05, 3.63) is 24.3 Å². The Labute approximate surface area is 121 Å². The lowest BCUT2D eigenvalue weighted by Crippen LogP contribution is -2.28. The molecule has 0 saturated carbocycles. The minimum atomic E-state index is -2.50. The zero-order chi connectivity index (χ0) is 13.5. The van der Waals surface area contributed by atoms with E-state index in [1.54, 1.807) is 38.2 Å². The van der Waals surface area contributed by atoms with E-state index in [-0.39, 0.29) is 24.2 Å². The van der Waals surface area contributed by atoms with Gasteiger partial charge in [0.25, 0.3) is 5.76 Å². The van der Waals surface area contributed by atoms with Gasteiger partial charge >= 0.3 is 0 Å². The summed E-state index contributed by atoms with van der Waals surface area (Å²) in [5, 5.41) is 5.56. The molecule has 0 aliphatic heterocycles.